The molecular formula is C9H10ClN3. The Labute approximate surface area is 80.9 Å². The number of aromatic amines is 1. The van der Waals surface area contributed by atoms with Gasteiger partial charge in [-0.15, -0.1) is 0 Å². The van der Waals surface area contributed by atoms with Crippen LogP contribution >= 0.6 is 11.6 Å². The quantitative estimate of drug-likeness (QED) is 0.733. The van der Waals surface area contributed by atoms with Crippen LogP contribution in [-0.4, -0.2) is 9.97 Å². The zero-order valence-electron chi connectivity index (χ0n) is 7.21. The fourth-order valence-electron chi connectivity index (χ4n) is 1.47. The predicted molar refractivity (Wildman–Crippen MR) is 53.7 cm³/mol. The topological polar surface area (TPSA) is 54.7 Å². The van der Waals surface area contributed by atoms with Crippen LogP contribution in [0.5, 0.6) is 0 Å². The van der Waals surface area contributed by atoms with Gasteiger partial charge in [0.15, 0.2) is 0 Å². The molecule has 2 heterocycles. The van der Waals surface area contributed by atoms with E-state index in [2.05, 4.69) is 9.97 Å². The average Bonchev–Trinajstić information content (AvgIpc) is 2.50. The van der Waals surface area contributed by atoms with E-state index in [1.165, 1.54) is 0 Å². The zero-order valence-corrected chi connectivity index (χ0v) is 7.97. The first-order valence-electron chi connectivity index (χ1n) is 4.07. The number of nitrogens with two attached hydrogens (primary N) is 1. The number of nitrogens with one attached hydrogen (secondary N) is 1. The maximum absolute atomic E-state index is 6.00. The molecule has 0 aromatic carbocycles. The second kappa shape index (κ2) is 3.01. The second-order valence-corrected chi connectivity index (χ2v) is 3.46. The predicted octanol–water partition coefficient (Wildman–Crippen LogP) is 2.24. The van der Waals surface area contributed by atoms with Crippen LogP contribution in [0.25, 0.3) is 11.0 Å². The summed E-state index contributed by atoms with van der Waals surface area (Å²) < 4.78 is 0. The van der Waals surface area contributed by atoms with Crippen molar-refractivity contribution in [2.75, 3.05) is 0 Å². The van der Waals surface area contributed by atoms with Gasteiger partial charge in [-0.2, -0.15) is 0 Å². The Morgan fingerprint density at radius 1 is 1.62 bits per heavy atom. The van der Waals surface area contributed by atoms with Gasteiger partial charge in [0.2, 0.25) is 0 Å². The van der Waals surface area contributed by atoms with Crippen molar-refractivity contribution in [2.45, 2.75) is 13.0 Å². The van der Waals surface area contributed by atoms with Gasteiger partial charge in [0, 0.05) is 23.8 Å². The van der Waals surface area contributed by atoms with Gasteiger partial charge in [-0.1, -0.05) is 11.6 Å². The lowest BCUT2D eigenvalue weighted by molar-refractivity contribution is 0.825. The summed E-state index contributed by atoms with van der Waals surface area (Å²) in [5.41, 5.74) is 7.60. The summed E-state index contributed by atoms with van der Waals surface area (Å²) in [5, 5.41) is 1.63. The molecule has 13 heavy (non-hydrogen) atoms. The minimum absolute atomic E-state index is 0.0752. The van der Waals surface area contributed by atoms with Crippen molar-refractivity contribution in [3.8, 4) is 0 Å². The normalized spacial score (nSPS) is 13.5. The standard InChI is InChI=1S/C9H10ClN3/c1-5(11)8-6-2-3-12-9(6)13-4-7(8)10/h2-5H,11H2,1H3,(H,12,13). The number of nitrogens with zero attached hydrogens (tertiary/aromatic N) is 1. The Balaban J connectivity index is 2.80. The first kappa shape index (κ1) is 8.53. The van der Waals surface area contributed by atoms with Crippen LogP contribution in [-0.2, 0) is 0 Å². The largest absolute Gasteiger partial charge is 0.346 e. The van der Waals surface area contributed by atoms with Crippen LogP contribution in [0.15, 0.2) is 18.5 Å². The van der Waals surface area contributed by atoms with E-state index in [1.807, 2.05) is 19.2 Å². The van der Waals surface area contributed by atoms with E-state index in [4.69, 9.17) is 17.3 Å². The van der Waals surface area contributed by atoms with E-state index in [1.54, 1.807) is 6.20 Å². The van der Waals surface area contributed by atoms with Crippen molar-refractivity contribution in [1.82, 2.24) is 9.97 Å². The third kappa shape index (κ3) is 1.30. The van der Waals surface area contributed by atoms with Crippen LogP contribution in [0.3, 0.4) is 0 Å². The number of H-pyrrole nitrogens is 1. The van der Waals surface area contributed by atoms with Gasteiger partial charge < -0.3 is 10.7 Å². The van der Waals surface area contributed by atoms with E-state index < -0.39 is 0 Å². The van der Waals surface area contributed by atoms with Crippen molar-refractivity contribution in [1.29, 1.82) is 0 Å². The van der Waals surface area contributed by atoms with Gasteiger partial charge in [0.25, 0.3) is 0 Å². The SMILES string of the molecule is CC(N)c1c(Cl)cnc2[nH]ccc12. The van der Waals surface area contributed by atoms with Gasteiger partial charge in [0.05, 0.1) is 5.02 Å². The molecule has 0 radical (unpaired) electrons. The molecule has 0 aliphatic carbocycles. The molecule has 0 saturated carbocycles. The molecule has 0 saturated heterocycles. The monoisotopic (exact) mass is 195 g/mol. The molecule has 0 amide bonds. The highest BCUT2D eigenvalue weighted by Crippen LogP contribution is 2.27. The van der Waals surface area contributed by atoms with Crippen LogP contribution in [0.1, 0.15) is 18.5 Å². The van der Waals surface area contributed by atoms with Crippen LogP contribution < -0.4 is 5.73 Å². The number of halogens is 1. The summed E-state index contributed by atoms with van der Waals surface area (Å²) in [6.45, 7) is 1.91. The van der Waals surface area contributed by atoms with Gasteiger partial charge in [-0.05, 0) is 18.6 Å². The van der Waals surface area contributed by atoms with Crippen molar-refractivity contribution in [2.24, 2.45) is 5.73 Å². The molecule has 0 aliphatic heterocycles. The van der Waals surface area contributed by atoms with E-state index >= 15 is 0 Å². The number of hydrogen-bond acceptors (Lipinski definition) is 2. The van der Waals surface area contributed by atoms with Gasteiger partial charge in [-0.25, -0.2) is 4.98 Å². The molecule has 68 valence electrons. The second-order valence-electron chi connectivity index (χ2n) is 3.05. The smallest absolute Gasteiger partial charge is 0.137 e. The van der Waals surface area contributed by atoms with E-state index in [-0.39, 0.29) is 6.04 Å². The first-order valence-corrected chi connectivity index (χ1v) is 4.45. The number of aromatic nitrogens is 2. The highest BCUT2D eigenvalue weighted by Gasteiger charge is 2.11. The number of rotatable bonds is 1. The minimum Gasteiger partial charge on any atom is -0.346 e. The summed E-state index contributed by atoms with van der Waals surface area (Å²) in [5.74, 6) is 0. The van der Waals surface area contributed by atoms with Crippen molar-refractivity contribution >= 4 is 22.6 Å². The molecular weight excluding hydrogens is 186 g/mol. The molecule has 4 heteroatoms. The first-order chi connectivity index (χ1) is 6.20. The molecule has 0 spiro atoms. The van der Waals surface area contributed by atoms with Gasteiger partial charge in [-0.3, -0.25) is 0 Å². The Kier molecular flexibility index (Phi) is 1.98. The average molecular weight is 196 g/mol. The lowest BCUT2D eigenvalue weighted by Crippen LogP contribution is -2.06. The fourth-order valence-corrected chi connectivity index (χ4v) is 1.79. The highest BCUT2D eigenvalue weighted by molar-refractivity contribution is 6.32. The maximum Gasteiger partial charge on any atom is 0.137 e. The Morgan fingerprint density at radius 3 is 3.08 bits per heavy atom. The molecule has 3 nitrogen and oxygen atoms in total. The minimum atomic E-state index is -0.0752. The zero-order chi connectivity index (χ0) is 9.42. The maximum atomic E-state index is 6.00. The summed E-state index contributed by atoms with van der Waals surface area (Å²) in [6, 6.07) is 1.86. The van der Waals surface area contributed by atoms with Crippen LogP contribution in [0.4, 0.5) is 0 Å². The van der Waals surface area contributed by atoms with Crippen molar-refractivity contribution < 1.29 is 0 Å². The Morgan fingerprint density at radius 2 is 2.38 bits per heavy atom. The molecule has 1 atom stereocenters. The fraction of sp³-hybridized carbons (Fsp3) is 0.222. The highest BCUT2D eigenvalue weighted by atomic mass is 35.5. The van der Waals surface area contributed by atoms with Gasteiger partial charge >= 0.3 is 0 Å². The molecule has 2 aromatic heterocycles. The lowest BCUT2D eigenvalue weighted by atomic mass is 10.1. The summed E-state index contributed by atoms with van der Waals surface area (Å²) in [4.78, 5) is 7.16. The lowest BCUT2D eigenvalue weighted by Gasteiger charge is -2.08. The van der Waals surface area contributed by atoms with Gasteiger partial charge in [0.1, 0.15) is 5.65 Å². The number of fused-ring (bicyclic) bond motifs is 1. The van der Waals surface area contributed by atoms with E-state index in [0.717, 1.165) is 16.6 Å². The molecule has 0 bridgehead atoms. The third-order valence-corrected chi connectivity index (χ3v) is 2.34. The Bertz CT molecular complexity index is 433. The summed E-state index contributed by atoms with van der Waals surface area (Å²) in [6.07, 6.45) is 3.46. The summed E-state index contributed by atoms with van der Waals surface area (Å²) in [7, 11) is 0. The molecule has 2 rings (SSSR count). The van der Waals surface area contributed by atoms with E-state index in [0.29, 0.717) is 5.02 Å². The molecule has 3 N–H and O–H groups in total. The molecule has 1 unspecified atom stereocenters. The van der Waals surface area contributed by atoms with Crippen LogP contribution in [0, 0.1) is 0 Å². The van der Waals surface area contributed by atoms with E-state index in [9.17, 15) is 0 Å². The summed E-state index contributed by atoms with van der Waals surface area (Å²) >= 11 is 6.00. The number of pyridine rings is 1. The molecule has 2 aromatic rings. The van der Waals surface area contributed by atoms with Crippen molar-refractivity contribution in [3.05, 3.63) is 29.0 Å². The number of hydrogen-bond donors (Lipinski definition) is 2. The van der Waals surface area contributed by atoms with Crippen LogP contribution in [0.2, 0.25) is 5.02 Å². The molecule has 0 aliphatic rings. The van der Waals surface area contributed by atoms with Crippen molar-refractivity contribution in [3.63, 3.8) is 0 Å². The Hall–Kier alpha value is -1.06. The molecule has 0 fully saturated rings. The third-order valence-electron chi connectivity index (χ3n) is 2.03.